The van der Waals surface area contributed by atoms with Crippen molar-refractivity contribution in [2.75, 3.05) is 26.2 Å². The lowest BCUT2D eigenvalue weighted by Gasteiger charge is -2.38. The van der Waals surface area contributed by atoms with Gasteiger partial charge in [0.1, 0.15) is 0 Å². The number of likely N-dealkylation sites (tertiary alicyclic amines) is 1. The van der Waals surface area contributed by atoms with E-state index < -0.39 is 0 Å². The molecule has 1 aliphatic rings. The lowest BCUT2D eigenvalue weighted by Crippen LogP contribution is -2.49. The topological polar surface area (TPSA) is 52.7 Å². The Labute approximate surface area is 180 Å². The number of hydrogen-bond acceptors (Lipinski definition) is 3. The largest absolute Gasteiger partial charge is 0.348 e. The molecule has 0 saturated carbocycles. The Morgan fingerprint density at radius 2 is 1.63 bits per heavy atom. The molecule has 5 nitrogen and oxygen atoms in total. The van der Waals surface area contributed by atoms with Crippen LogP contribution in [0.5, 0.6) is 0 Å². The Bertz CT molecular complexity index is 802. The maximum absolute atomic E-state index is 12.7. The quantitative estimate of drug-likeness (QED) is 0.723. The van der Waals surface area contributed by atoms with Gasteiger partial charge in [0.2, 0.25) is 5.91 Å². The first-order valence-corrected chi connectivity index (χ1v) is 11.0. The summed E-state index contributed by atoms with van der Waals surface area (Å²) in [5.41, 5.74) is 1.86. The maximum atomic E-state index is 12.7. The standard InChI is InChI=1S/C25H33N3O2/c1-3-16-28(19-24(29)26-20(2)21-10-6-4-7-11-21)23-14-17-27(18-15-23)25(30)22-12-8-5-9-13-22/h4-13,20,23H,3,14-19H2,1-2H3,(H,26,29). The highest BCUT2D eigenvalue weighted by atomic mass is 16.2. The highest BCUT2D eigenvalue weighted by Gasteiger charge is 2.28. The van der Waals surface area contributed by atoms with Crippen LogP contribution < -0.4 is 5.32 Å². The number of carbonyl (C=O) groups excluding carboxylic acids is 2. The number of nitrogens with one attached hydrogen (secondary N) is 1. The van der Waals surface area contributed by atoms with Crippen molar-refractivity contribution in [1.29, 1.82) is 0 Å². The second kappa shape index (κ2) is 10.9. The lowest BCUT2D eigenvalue weighted by molar-refractivity contribution is -0.123. The van der Waals surface area contributed by atoms with E-state index in [-0.39, 0.29) is 17.9 Å². The van der Waals surface area contributed by atoms with Crippen LogP contribution in [0.25, 0.3) is 0 Å². The molecule has 1 saturated heterocycles. The predicted molar refractivity (Wildman–Crippen MR) is 120 cm³/mol. The SMILES string of the molecule is CCCN(CC(=O)NC(C)c1ccccc1)C1CCN(C(=O)c2ccccc2)CC1. The third kappa shape index (κ3) is 5.92. The van der Waals surface area contributed by atoms with Gasteiger partial charge in [-0.25, -0.2) is 0 Å². The second-order valence-corrected chi connectivity index (χ2v) is 8.06. The molecule has 1 aliphatic heterocycles. The first-order valence-electron chi connectivity index (χ1n) is 11.0. The molecule has 1 N–H and O–H groups in total. The number of rotatable bonds is 8. The highest BCUT2D eigenvalue weighted by molar-refractivity contribution is 5.94. The Morgan fingerprint density at radius 1 is 1.03 bits per heavy atom. The summed E-state index contributed by atoms with van der Waals surface area (Å²) in [7, 11) is 0. The van der Waals surface area contributed by atoms with Gasteiger partial charge in [-0.1, -0.05) is 55.5 Å². The van der Waals surface area contributed by atoms with Gasteiger partial charge in [-0.2, -0.15) is 0 Å². The molecular weight excluding hydrogens is 374 g/mol. The van der Waals surface area contributed by atoms with Crippen LogP contribution in [0, 0.1) is 0 Å². The lowest BCUT2D eigenvalue weighted by atomic mass is 10.0. The van der Waals surface area contributed by atoms with Crippen LogP contribution in [-0.4, -0.2) is 53.8 Å². The van der Waals surface area contributed by atoms with Crippen molar-refractivity contribution in [3.63, 3.8) is 0 Å². The van der Waals surface area contributed by atoms with Crippen LogP contribution in [0.3, 0.4) is 0 Å². The van der Waals surface area contributed by atoms with Crippen molar-refractivity contribution < 1.29 is 9.59 Å². The molecule has 160 valence electrons. The average Bonchev–Trinajstić information content (AvgIpc) is 2.79. The maximum Gasteiger partial charge on any atom is 0.253 e. The first-order chi connectivity index (χ1) is 14.6. The van der Waals surface area contributed by atoms with E-state index >= 15 is 0 Å². The Hall–Kier alpha value is -2.66. The molecule has 0 bridgehead atoms. The van der Waals surface area contributed by atoms with Gasteiger partial charge in [0, 0.05) is 24.7 Å². The molecule has 1 heterocycles. The van der Waals surface area contributed by atoms with Crippen molar-refractivity contribution in [3.8, 4) is 0 Å². The van der Waals surface area contributed by atoms with Crippen molar-refractivity contribution in [3.05, 3.63) is 71.8 Å². The van der Waals surface area contributed by atoms with E-state index in [1.807, 2.05) is 72.5 Å². The summed E-state index contributed by atoms with van der Waals surface area (Å²) in [5, 5.41) is 3.13. The van der Waals surface area contributed by atoms with Crippen molar-refractivity contribution >= 4 is 11.8 Å². The van der Waals surface area contributed by atoms with E-state index in [2.05, 4.69) is 17.1 Å². The number of amides is 2. The number of hydrogen-bond donors (Lipinski definition) is 1. The summed E-state index contributed by atoms with van der Waals surface area (Å²) in [5.74, 6) is 0.160. The molecule has 0 spiro atoms. The monoisotopic (exact) mass is 407 g/mol. The summed E-state index contributed by atoms with van der Waals surface area (Å²) < 4.78 is 0. The van der Waals surface area contributed by atoms with Gasteiger partial charge in [-0.05, 0) is 50.4 Å². The van der Waals surface area contributed by atoms with Crippen molar-refractivity contribution in [2.45, 2.75) is 45.2 Å². The molecule has 0 aliphatic carbocycles. The normalized spacial score (nSPS) is 15.8. The van der Waals surface area contributed by atoms with Crippen molar-refractivity contribution in [1.82, 2.24) is 15.1 Å². The number of nitrogens with zero attached hydrogens (tertiary/aromatic N) is 2. The van der Waals surface area contributed by atoms with Gasteiger partial charge >= 0.3 is 0 Å². The minimum absolute atomic E-state index is 0.00693. The zero-order chi connectivity index (χ0) is 21.3. The minimum Gasteiger partial charge on any atom is -0.348 e. The smallest absolute Gasteiger partial charge is 0.253 e. The van der Waals surface area contributed by atoms with E-state index in [4.69, 9.17) is 0 Å². The van der Waals surface area contributed by atoms with Gasteiger partial charge in [0.25, 0.3) is 5.91 Å². The van der Waals surface area contributed by atoms with Crippen LogP contribution in [0.2, 0.25) is 0 Å². The molecule has 2 amide bonds. The van der Waals surface area contributed by atoms with Crippen molar-refractivity contribution in [2.24, 2.45) is 0 Å². The molecule has 2 aromatic rings. The fourth-order valence-corrected chi connectivity index (χ4v) is 4.17. The molecule has 2 aromatic carbocycles. The molecule has 1 unspecified atom stereocenters. The van der Waals surface area contributed by atoms with Crippen LogP contribution in [0.15, 0.2) is 60.7 Å². The van der Waals surface area contributed by atoms with E-state index in [0.29, 0.717) is 12.6 Å². The average molecular weight is 408 g/mol. The summed E-state index contributed by atoms with van der Waals surface area (Å²) in [4.78, 5) is 29.6. The van der Waals surface area contributed by atoms with Crippen LogP contribution in [0.4, 0.5) is 0 Å². The van der Waals surface area contributed by atoms with Crippen LogP contribution in [-0.2, 0) is 4.79 Å². The van der Waals surface area contributed by atoms with Gasteiger partial charge < -0.3 is 10.2 Å². The number of piperidine rings is 1. The molecular formula is C25H33N3O2. The predicted octanol–water partition coefficient (Wildman–Crippen LogP) is 3.88. The van der Waals surface area contributed by atoms with E-state index in [9.17, 15) is 9.59 Å². The van der Waals surface area contributed by atoms with E-state index in [1.54, 1.807) is 0 Å². The molecule has 3 rings (SSSR count). The number of carbonyl (C=O) groups is 2. The van der Waals surface area contributed by atoms with Gasteiger partial charge in [0.15, 0.2) is 0 Å². The molecule has 0 radical (unpaired) electrons. The van der Waals surface area contributed by atoms with Gasteiger partial charge in [-0.15, -0.1) is 0 Å². The summed E-state index contributed by atoms with van der Waals surface area (Å²) in [6, 6.07) is 19.8. The van der Waals surface area contributed by atoms with Crippen LogP contribution in [0.1, 0.15) is 55.1 Å². The fourth-order valence-electron chi connectivity index (χ4n) is 4.17. The molecule has 5 heteroatoms. The molecule has 1 fully saturated rings. The second-order valence-electron chi connectivity index (χ2n) is 8.06. The fraction of sp³-hybridized carbons (Fsp3) is 0.440. The Balaban J connectivity index is 1.52. The molecule has 0 aromatic heterocycles. The number of benzene rings is 2. The zero-order valence-corrected chi connectivity index (χ0v) is 18.1. The Morgan fingerprint density at radius 3 is 2.23 bits per heavy atom. The third-order valence-electron chi connectivity index (χ3n) is 5.82. The summed E-state index contributed by atoms with van der Waals surface area (Å²) >= 11 is 0. The van der Waals surface area contributed by atoms with Crippen LogP contribution >= 0.6 is 0 Å². The van der Waals surface area contributed by atoms with E-state index in [0.717, 1.165) is 50.0 Å². The summed E-state index contributed by atoms with van der Waals surface area (Å²) in [6.07, 6.45) is 2.81. The zero-order valence-electron chi connectivity index (χ0n) is 18.1. The summed E-state index contributed by atoms with van der Waals surface area (Å²) in [6.45, 7) is 6.94. The Kier molecular flexibility index (Phi) is 8.03. The van der Waals surface area contributed by atoms with Gasteiger partial charge in [-0.3, -0.25) is 14.5 Å². The third-order valence-corrected chi connectivity index (χ3v) is 5.82. The molecule has 1 atom stereocenters. The molecule has 30 heavy (non-hydrogen) atoms. The first kappa shape index (κ1) is 22.0. The highest BCUT2D eigenvalue weighted by Crippen LogP contribution is 2.19. The van der Waals surface area contributed by atoms with Gasteiger partial charge in [0.05, 0.1) is 12.6 Å². The van der Waals surface area contributed by atoms with E-state index in [1.165, 1.54) is 0 Å². The minimum atomic E-state index is -0.00693.